The molecule has 124 valence electrons. The average Bonchev–Trinajstić information content (AvgIpc) is 3.25. The first-order chi connectivity index (χ1) is 11.7. The molecular formula is C17H18N4O2S. The zero-order valence-corrected chi connectivity index (χ0v) is 14.0. The molecule has 1 atom stereocenters. The van der Waals surface area contributed by atoms with Crippen LogP contribution in [0.1, 0.15) is 28.4 Å². The van der Waals surface area contributed by atoms with Gasteiger partial charge in [0.1, 0.15) is 0 Å². The second kappa shape index (κ2) is 6.24. The van der Waals surface area contributed by atoms with Crippen LogP contribution in [0.25, 0.3) is 0 Å². The summed E-state index contributed by atoms with van der Waals surface area (Å²) >= 11 is 1.62. The van der Waals surface area contributed by atoms with Crippen molar-refractivity contribution in [2.75, 3.05) is 31.1 Å². The number of carbonyl (C=O) groups excluding carboxylic acids is 2. The molecule has 2 aromatic rings. The molecule has 24 heavy (non-hydrogen) atoms. The van der Waals surface area contributed by atoms with Crippen LogP contribution in [0, 0.1) is 0 Å². The molecule has 2 aliphatic heterocycles. The number of rotatable bonds is 3. The van der Waals surface area contributed by atoms with Crippen LogP contribution >= 0.6 is 11.3 Å². The molecule has 1 aromatic heterocycles. The summed E-state index contributed by atoms with van der Waals surface area (Å²) in [5.74, 6) is 0.00720. The number of aromatic nitrogens is 1. The highest BCUT2D eigenvalue weighted by molar-refractivity contribution is 7.13. The summed E-state index contributed by atoms with van der Waals surface area (Å²) < 4.78 is 0. The molecule has 3 heterocycles. The van der Waals surface area contributed by atoms with Gasteiger partial charge in [-0.25, -0.2) is 4.98 Å². The van der Waals surface area contributed by atoms with Crippen molar-refractivity contribution in [3.05, 3.63) is 47.0 Å². The summed E-state index contributed by atoms with van der Waals surface area (Å²) in [4.78, 5) is 33.0. The fraction of sp³-hybridized carbons (Fsp3) is 0.353. The maximum atomic E-state index is 12.6. The molecule has 1 fully saturated rings. The molecule has 0 unspecified atom stereocenters. The van der Waals surface area contributed by atoms with Crippen LogP contribution in [0.2, 0.25) is 0 Å². The number of benzene rings is 1. The maximum Gasteiger partial charge on any atom is 0.252 e. The van der Waals surface area contributed by atoms with Gasteiger partial charge in [-0.15, -0.1) is 11.3 Å². The summed E-state index contributed by atoms with van der Waals surface area (Å²) in [6, 6.07) is 7.27. The van der Waals surface area contributed by atoms with E-state index in [4.69, 9.17) is 0 Å². The second-order valence-electron chi connectivity index (χ2n) is 6.00. The Kier molecular flexibility index (Phi) is 3.93. The van der Waals surface area contributed by atoms with Crippen LogP contribution in [0.15, 0.2) is 35.8 Å². The number of thiazole rings is 1. The number of nitrogens with zero attached hydrogens (tertiary/aromatic N) is 3. The summed E-state index contributed by atoms with van der Waals surface area (Å²) in [6.07, 6.45) is 2.12. The Hall–Kier alpha value is -2.41. The zero-order valence-electron chi connectivity index (χ0n) is 13.1. The Labute approximate surface area is 144 Å². The van der Waals surface area contributed by atoms with Crippen molar-refractivity contribution in [2.45, 2.75) is 12.5 Å². The molecular weight excluding hydrogens is 324 g/mol. The zero-order chi connectivity index (χ0) is 16.5. The van der Waals surface area contributed by atoms with Crippen molar-refractivity contribution in [2.24, 2.45) is 0 Å². The highest BCUT2D eigenvalue weighted by Crippen LogP contribution is 2.28. The minimum Gasteiger partial charge on any atom is -0.345 e. The van der Waals surface area contributed by atoms with Gasteiger partial charge in [-0.1, -0.05) is 18.2 Å². The van der Waals surface area contributed by atoms with E-state index in [2.05, 4.69) is 15.2 Å². The van der Waals surface area contributed by atoms with Gasteiger partial charge in [0.25, 0.3) is 5.91 Å². The van der Waals surface area contributed by atoms with E-state index in [9.17, 15) is 9.59 Å². The fourth-order valence-corrected chi connectivity index (χ4v) is 4.00. The largest absolute Gasteiger partial charge is 0.345 e. The van der Waals surface area contributed by atoms with Gasteiger partial charge in [0.05, 0.1) is 12.5 Å². The Balaban J connectivity index is 1.37. The van der Waals surface area contributed by atoms with Crippen LogP contribution in [0.4, 0.5) is 5.13 Å². The van der Waals surface area contributed by atoms with Crippen LogP contribution < -0.4 is 10.2 Å². The van der Waals surface area contributed by atoms with Gasteiger partial charge in [0, 0.05) is 43.3 Å². The molecule has 2 aliphatic rings. The van der Waals surface area contributed by atoms with Crippen LogP contribution in [-0.4, -0.2) is 47.9 Å². The van der Waals surface area contributed by atoms with E-state index < -0.39 is 0 Å². The molecule has 2 amide bonds. The summed E-state index contributed by atoms with van der Waals surface area (Å²) in [5, 5.41) is 5.89. The lowest BCUT2D eigenvalue weighted by Gasteiger charge is -2.35. The molecule has 0 bridgehead atoms. The number of piperazine rings is 1. The van der Waals surface area contributed by atoms with Crippen molar-refractivity contribution in [1.29, 1.82) is 0 Å². The van der Waals surface area contributed by atoms with Gasteiger partial charge in [0.15, 0.2) is 5.13 Å². The van der Waals surface area contributed by atoms with E-state index in [1.54, 1.807) is 17.5 Å². The first-order valence-electron chi connectivity index (χ1n) is 8.04. The molecule has 0 radical (unpaired) electrons. The van der Waals surface area contributed by atoms with Crippen LogP contribution in [0.3, 0.4) is 0 Å². The predicted molar refractivity (Wildman–Crippen MR) is 92.2 cm³/mol. The highest BCUT2D eigenvalue weighted by atomic mass is 32.1. The molecule has 7 heteroatoms. The van der Waals surface area contributed by atoms with E-state index in [1.165, 1.54) is 0 Å². The minimum absolute atomic E-state index is 0.0861. The molecule has 1 N–H and O–H groups in total. The van der Waals surface area contributed by atoms with Gasteiger partial charge >= 0.3 is 0 Å². The number of carbonyl (C=O) groups is 2. The quantitative estimate of drug-likeness (QED) is 0.921. The van der Waals surface area contributed by atoms with Crippen molar-refractivity contribution >= 4 is 28.3 Å². The Morgan fingerprint density at radius 1 is 1.25 bits per heavy atom. The summed E-state index contributed by atoms with van der Waals surface area (Å²) in [6.45, 7) is 2.99. The number of amides is 2. The van der Waals surface area contributed by atoms with E-state index in [-0.39, 0.29) is 17.9 Å². The topological polar surface area (TPSA) is 65.5 Å². The van der Waals surface area contributed by atoms with Gasteiger partial charge < -0.3 is 15.1 Å². The predicted octanol–water partition coefficient (Wildman–Crippen LogP) is 1.67. The molecule has 4 rings (SSSR count). The molecule has 0 aliphatic carbocycles. The van der Waals surface area contributed by atoms with Gasteiger partial charge in [-0.2, -0.15) is 0 Å². The SMILES string of the molecule is O=C1N[C@H](CC(=O)N2CCN(c3nccs3)CC2)c2ccccc21. The molecule has 0 spiro atoms. The number of hydrogen-bond donors (Lipinski definition) is 1. The molecule has 6 nitrogen and oxygen atoms in total. The number of hydrogen-bond acceptors (Lipinski definition) is 5. The van der Waals surface area contributed by atoms with Crippen molar-refractivity contribution < 1.29 is 9.59 Å². The first-order valence-corrected chi connectivity index (χ1v) is 8.92. The highest BCUT2D eigenvalue weighted by Gasteiger charge is 2.31. The van der Waals surface area contributed by atoms with Gasteiger partial charge in [0.2, 0.25) is 5.91 Å². The molecule has 0 saturated carbocycles. The lowest BCUT2D eigenvalue weighted by molar-refractivity contribution is -0.132. The summed E-state index contributed by atoms with van der Waals surface area (Å²) in [5.41, 5.74) is 1.61. The summed E-state index contributed by atoms with van der Waals surface area (Å²) in [7, 11) is 0. The van der Waals surface area contributed by atoms with E-state index in [1.807, 2.05) is 34.5 Å². The number of fused-ring (bicyclic) bond motifs is 1. The third kappa shape index (κ3) is 2.75. The maximum absolute atomic E-state index is 12.6. The standard InChI is InChI=1S/C17H18N4O2S/c22-15(11-14-12-3-1-2-4-13(12)16(23)19-14)20-6-8-21(9-7-20)17-18-5-10-24-17/h1-5,10,14H,6-9,11H2,(H,19,23)/t14-/m1/s1. The Bertz CT molecular complexity index is 754. The average molecular weight is 342 g/mol. The van der Waals surface area contributed by atoms with Gasteiger partial charge in [-0.3, -0.25) is 9.59 Å². The Morgan fingerprint density at radius 3 is 2.79 bits per heavy atom. The molecule has 1 saturated heterocycles. The monoisotopic (exact) mass is 342 g/mol. The molecule has 1 aromatic carbocycles. The van der Waals surface area contributed by atoms with E-state index >= 15 is 0 Å². The van der Waals surface area contributed by atoms with Crippen LogP contribution in [0.5, 0.6) is 0 Å². The normalized spacial score (nSPS) is 20.0. The smallest absolute Gasteiger partial charge is 0.252 e. The van der Waals surface area contributed by atoms with Gasteiger partial charge in [-0.05, 0) is 11.6 Å². The lowest BCUT2D eigenvalue weighted by Crippen LogP contribution is -2.49. The van der Waals surface area contributed by atoms with Crippen LogP contribution in [-0.2, 0) is 4.79 Å². The minimum atomic E-state index is -0.210. The van der Waals surface area contributed by atoms with E-state index in [0.717, 1.165) is 23.8 Å². The lowest BCUT2D eigenvalue weighted by atomic mass is 10.0. The first kappa shape index (κ1) is 15.1. The third-order valence-corrected chi connectivity index (χ3v) is 5.42. The second-order valence-corrected chi connectivity index (χ2v) is 6.87. The van der Waals surface area contributed by atoms with Crippen molar-refractivity contribution in [3.63, 3.8) is 0 Å². The van der Waals surface area contributed by atoms with E-state index in [0.29, 0.717) is 25.1 Å². The van der Waals surface area contributed by atoms with Crippen molar-refractivity contribution in [3.8, 4) is 0 Å². The fourth-order valence-electron chi connectivity index (χ4n) is 3.31. The number of anilines is 1. The Morgan fingerprint density at radius 2 is 2.04 bits per heavy atom. The number of nitrogens with one attached hydrogen (secondary N) is 1. The van der Waals surface area contributed by atoms with Crippen molar-refractivity contribution in [1.82, 2.24) is 15.2 Å². The third-order valence-electron chi connectivity index (χ3n) is 4.59.